The molecule has 0 saturated carbocycles. The molecule has 1 atom stereocenters. The Morgan fingerprint density at radius 1 is 1.18 bits per heavy atom. The van der Waals surface area contributed by atoms with Crippen LogP contribution in [0.3, 0.4) is 0 Å². The quantitative estimate of drug-likeness (QED) is 0.604. The molecule has 8 nitrogen and oxygen atoms in total. The number of ether oxygens (including phenoxy) is 3. The van der Waals surface area contributed by atoms with Gasteiger partial charge in [-0.2, -0.15) is 4.68 Å². The number of carbonyl (C=O) groups excluding carboxylic acids is 1. The number of rotatable bonds is 6. The van der Waals surface area contributed by atoms with E-state index in [0.29, 0.717) is 28.8 Å². The van der Waals surface area contributed by atoms with Crippen LogP contribution in [0.4, 0.5) is 0 Å². The van der Waals surface area contributed by atoms with Crippen molar-refractivity contribution in [1.82, 2.24) is 15.0 Å². The topological polar surface area (TPSA) is 92.5 Å². The van der Waals surface area contributed by atoms with Crippen LogP contribution in [-0.4, -0.2) is 40.3 Å². The Labute approximate surface area is 160 Å². The Morgan fingerprint density at radius 2 is 2.00 bits per heavy atom. The average molecular weight is 381 g/mol. The first-order valence-corrected chi connectivity index (χ1v) is 9.05. The highest BCUT2D eigenvalue weighted by atomic mass is 16.5. The van der Waals surface area contributed by atoms with Crippen molar-refractivity contribution >= 4 is 16.9 Å². The monoisotopic (exact) mass is 381 g/mol. The van der Waals surface area contributed by atoms with Crippen molar-refractivity contribution in [3.05, 3.63) is 64.4 Å². The second-order valence-electron chi connectivity index (χ2n) is 6.44. The number of fused-ring (bicyclic) bond motifs is 1. The average Bonchev–Trinajstić information content (AvgIpc) is 3.26. The lowest BCUT2D eigenvalue weighted by molar-refractivity contribution is 0.0336. The summed E-state index contributed by atoms with van der Waals surface area (Å²) in [5, 5.41) is 8.16. The van der Waals surface area contributed by atoms with Crippen LogP contribution in [0.25, 0.3) is 10.9 Å². The van der Waals surface area contributed by atoms with E-state index in [0.717, 1.165) is 24.1 Å². The van der Waals surface area contributed by atoms with Crippen LogP contribution >= 0.6 is 0 Å². The minimum atomic E-state index is -0.562. The van der Waals surface area contributed by atoms with Crippen LogP contribution in [0.2, 0.25) is 0 Å². The van der Waals surface area contributed by atoms with E-state index >= 15 is 0 Å². The highest BCUT2D eigenvalue weighted by Crippen LogP contribution is 2.17. The first-order valence-electron chi connectivity index (χ1n) is 9.05. The number of nitrogens with zero attached hydrogens (tertiary/aromatic N) is 3. The summed E-state index contributed by atoms with van der Waals surface area (Å²) in [5.74, 6) is 0.0937. The summed E-state index contributed by atoms with van der Waals surface area (Å²) in [6.07, 6.45) is 2.19. The Bertz CT molecular complexity index is 1030. The molecule has 0 N–H and O–H groups in total. The van der Waals surface area contributed by atoms with Gasteiger partial charge in [-0.1, -0.05) is 17.3 Å². The second-order valence-corrected chi connectivity index (χ2v) is 6.44. The maximum Gasteiger partial charge on any atom is 0.339 e. The molecule has 0 spiro atoms. The van der Waals surface area contributed by atoms with Gasteiger partial charge in [0, 0.05) is 6.61 Å². The molecule has 1 saturated heterocycles. The highest BCUT2D eigenvalue weighted by Gasteiger charge is 2.16. The first kappa shape index (κ1) is 18.1. The van der Waals surface area contributed by atoms with Gasteiger partial charge in [0.1, 0.15) is 17.9 Å². The third-order valence-electron chi connectivity index (χ3n) is 4.50. The number of carbonyl (C=O) groups is 1. The minimum absolute atomic E-state index is 0.131. The summed E-state index contributed by atoms with van der Waals surface area (Å²) < 4.78 is 17.4. The molecule has 0 radical (unpaired) electrons. The maximum absolute atomic E-state index is 12.3. The fourth-order valence-electron chi connectivity index (χ4n) is 2.96. The van der Waals surface area contributed by atoms with Gasteiger partial charge in [-0.25, -0.2) is 4.79 Å². The summed E-state index contributed by atoms with van der Waals surface area (Å²) in [5.41, 5.74) is 0.483. The number of hydrogen-bond acceptors (Lipinski definition) is 7. The molecule has 4 rings (SSSR count). The zero-order chi connectivity index (χ0) is 19.3. The summed E-state index contributed by atoms with van der Waals surface area (Å²) in [7, 11) is 0. The smallest absolute Gasteiger partial charge is 0.339 e. The Balaban J connectivity index is 1.36. The lowest BCUT2D eigenvalue weighted by Gasteiger charge is -2.11. The van der Waals surface area contributed by atoms with Gasteiger partial charge in [0.05, 0.1) is 17.1 Å². The molecule has 1 fully saturated rings. The molecule has 1 aromatic heterocycles. The third kappa shape index (κ3) is 4.01. The van der Waals surface area contributed by atoms with E-state index in [1.165, 1.54) is 0 Å². The molecule has 1 aliphatic heterocycles. The normalized spacial score (nSPS) is 16.2. The van der Waals surface area contributed by atoms with Crippen molar-refractivity contribution in [2.45, 2.75) is 25.7 Å². The van der Waals surface area contributed by atoms with Crippen LogP contribution in [0.15, 0.2) is 53.3 Å². The lowest BCUT2D eigenvalue weighted by Crippen LogP contribution is -2.26. The van der Waals surface area contributed by atoms with Crippen LogP contribution in [-0.2, 0) is 16.2 Å². The van der Waals surface area contributed by atoms with Gasteiger partial charge in [-0.3, -0.25) is 4.79 Å². The lowest BCUT2D eigenvalue weighted by atomic mass is 10.2. The zero-order valence-corrected chi connectivity index (χ0v) is 15.1. The Kier molecular flexibility index (Phi) is 5.29. The van der Waals surface area contributed by atoms with Gasteiger partial charge >= 0.3 is 5.97 Å². The predicted molar refractivity (Wildman–Crippen MR) is 100 cm³/mol. The molecule has 0 aliphatic carbocycles. The molecule has 2 heterocycles. The van der Waals surface area contributed by atoms with Gasteiger partial charge in [-0.15, -0.1) is 5.10 Å². The minimum Gasteiger partial charge on any atom is -0.491 e. The van der Waals surface area contributed by atoms with Crippen LogP contribution < -0.4 is 10.3 Å². The molecule has 8 heteroatoms. The fourth-order valence-corrected chi connectivity index (χ4v) is 2.96. The third-order valence-corrected chi connectivity index (χ3v) is 4.50. The largest absolute Gasteiger partial charge is 0.491 e. The second kappa shape index (κ2) is 8.18. The van der Waals surface area contributed by atoms with E-state index in [1.807, 2.05) is 0 Å². The predicted octanol–water partition coefficient (Wildman–Crippen LogP) is 2.16. The van der Waals surface area contributed by atoms with Gasteiger partial charge in [0.15, 0.2) is 6.73 Å². The highest BCUT2D eigenvalue weighted by molar-refractivity contribution is 5.89. The summed E-state index contributed by atoms with van der Waals surface area (Å²) >= 11 is 0. The van der Waals surface area contributed by atoms with Crippen molar-refractivity contribution in [3.63, 3.8) is 0 Å². The van der Waals surface area contributed by atoms with Crippen molar-refractivity contribution < 1.29 is 19.0 Å². The van der Waals surface area contributed by atoms with E-state index in [-0.39, 0.29) is 18.4 Å². The van der Waals surface area contributed by atoms with E-state index < -0.39 is 5.97 Å². The molecular weight excluding hydrogens is 362 g/mol. The summed E-state index contributed by atoms with van der Waals surface area (Å²) in [4.78, 5) is 24.6. The number of benzene rings is 2. The summed E-state index contributed by atoms with van der Waals surface area (Å²) in [6.45, 7) is 0.962. The van der Waals surface area contributed by atoms with Crippen molar-refractivity contribution in [2.75, 3.05) is 13.2 Å². The Morgan fingerprint density at radius 3 is 2.79 bits per heavy atom. The van der Waals surface area contributed by atoms with E-state index in [4.69, 9.17) is 14.2 Å². The molecule has 1 aliphatic rings. The molecule has 1 unspecified atom stereocenters. The van der Waals surface area contributed by atoms with Crippen molar-refractivity contribution in [1.29, 1.82) is 0 Å². The van der Waals surface area contributed by atoms with E-state index in [2.05, 4.69) is 10.3 Å². The van der Waals surface area contributed by atoms with Crippen LogP contribution in [0.5, 0.6) is 5.75 Å². The van der Waals surface area contributed by atoms with Gasteiger partial charge < -0.3 is 14.2 Å². The molecule has 3 aromatic rings. The molecular formula is C20H19N3O5. The van der Waals surface area contributed by atoms with Gasteiger partial charge in [0.2, 0.25) is 0 Å². The van der Waals surface area contributed by atoms with Crippen molar-refractivity contribution in [2.24, 2.45) is 0 Å². The molecule has 2 aromatic carbocycles. The maximum atomic E-state index is 12.3. The standard InChI is InChI=1S/C20H19N3O5/c24-19-17-5-1-2-6-18(17)21-22-23(19)13-28-20(25)14-7-9-15(10-8-14)27-12-16-4-3-11-26-16/h1-2,5-10,16H,3-4,11-13H2. The number of aromatic nitrogens is 3. The Hall–Kier alpha value is -3.26. The summed E-state index contributed by atoms with van der Waals surface area (Å²) in [6, 6.07) is 13.5. The van der Waals surface area contributed by atoms with Crippen molar-refractivity contribution in [3.8, 4) is 5.75 Å². The fraction of sp³-hybridized carbons (Fsp3) is 0.300. The molecule has 28 heavy (non-hydrogen) atoms. The SMILES string of the molecule is O=C(OCn1nnc2ccccc2c1=O)c1ccc(OCC2CCCO2)cc1. The van der Waals surface area contributed by atoms with E-state index in [9.17, 15) is 9.59 Å². The molecule has 0 amide bonds. The zero-order valence-electron chi connectivity index (χ0n) is 15.1. The van der Waals surface area contributed by atoms with Gasteiger partial charge in [0.25, 0.3) is 5.56 Å². The number of hydrogen-bond donors (Lipinski definition) is 0. The van der Waals surface area contributed by atoms with Crippen LogP contribution in [0, 0.1) is 0 Å². The van der Waals surface area contributed by atoms with E-state index in [1.54, 1.807) is 48.5 Å². The first-order chi connectivity index (χ1) is 13.7. The molecule has 144 valence electrons. The number of esters is 1. The van der Waals surface area contributed by atoms with Crippen LogP contribution in [0.1, 0.15) is 23.2 Å². The molecule has 0 bridgehead atoms. The van der Waals surface area contributed by atoms with Gasteiger partial charge in [-0.05, 0) is 49.2 Å².